The smallest absolute Gasteiger partial charge is 0.394 e. The van der Waals surface area contributed by atoms with E-state index in [1.807, 2.05) is 0 Å². The predicted octanol–water partition coefficient (Wildman–Crippen LogP) is -1.49. The number of phosphoric ester groups is 1. The molecule has 0 spiro atoms. The van der Waals surface area contributed by atoms with Crippen LogP contribution in [0.15, 0.2) is 0 Å². The van der Waals surface area contributed by atoms with E-state index in [1.54, 1.807) is 0 Å². The summed E-state index contributed by atoms with van der Waals surface area (Å²) in [5.74, 6) is 0. The summed E-state index contributed by atoms with van der Waals surface area (Å²) in [5.41, 5.74) is 0. The van der Waals surface area contributed by atoms with Gasteiger partial charge in [0.15, 0.2) is 6.17 Å². The van der Waals surface area contributed by atoms with Crippen LogP contribution >= 0.6 is 7.82 Å². The van der Waals surface area contributed by atoms with Crippen LogP contribution in [-0.4, -0.2) is 51.3 Å². The molecule has 1 aliphatic heterocycles. The predicted molar refractivity (Wildman–Crippen MR) is 39.8 cm³/mol. The number of hydrogen-bond acceptors (Lipinski definition) is 5. The Hall–Kier alpha value is -0.0800. The number of alkyl halides is 1. The van der Waals surface area contributed by atoms with Crippen LogP contribution in [0.4, 0.5) is 4.39 Å². The van der Waals surface area contributed by atoms with E-state index in [2.05, 4.69) is 9.26 Å². The summed E-state index contributed by atoms with van der Waals surface area (Å²) in [6, 6.07) is 0. The highest BCUT2D eigenvalue weighted by molar-refractivity contribution is 7.46. The third kappa shape index (κ3) is 2.71. The number of aliphatic hydroxyl groups excluding tert-OH is 2. The van der Waals surface area contributed by atoms with Gasteiger partial charge >= 0.3 is 7.82 Å². The summed E-state index contributed by atoms with van der Waals surface area (Å²) in [4.78, 5) is 16.7. The van der Waals surface area contributed by atoms with Crippen molar-refractivity contribution >= 4 is 7.82 Å². The lowest BCUT2D eigenvalue weighted by Crippen LogP contribution is -2.31. The minimum Gasteiger partial charge on any atom is -0.394 e. The molecule has 7 nitrogen and oxygen atoms in total. The van der Waals surface area contributed by atoms with Crippen LogP contribution in [0, 0.1) is 0 Å². The Bertz CT molecular complexity index is 242. The Kier molecular flexibility index (Phi) is 3.59. The minimum atomic E-state index is -4.87. The van der Waals surface area contributed by atoms with E-state index < -0.39 is 39.1 Å². The van der Waals surface area contributed by atoms with E-state index in [9.17, 15) is 8.96 Å². The Balaban J connectivity index is 2.61. The average Bonchev–Trinajstić information content (AvgIpc) is 2.30. The first-order chi connectivity index (χ1) is 6.35. The van der Waals surface area contributed by atoms with Gasteiger partial charge in [0.1, 0.15) is 12.2 Å². The quantitative estimate of drug-likeness (QED) is 0.438. The highest BCUT2D eigenvalue weighted by atomic mass is 31.2. The second kappa shape index (κ2) is 4.19. The molecule has 4 N–H and O–H groups in total. The maximum absolute atomic E-state index is 13.0. The zero-order chi connectivity index (χ0) is 10.9. The summed E-state index contributed by atoms with van der Waals surface area (Å²) < 4.78 is 31.7. The van der Waals surface area contributed by atoms with Gasteiger partial charge in [-0.05, 0) is 0 Å². The first-order valence-corrected chi connectivity index (χ1v) is 5.20. The third-order valence-corrected chi connectivity index (χ3v) is 2.18. The van der Waals surface area contributed by atoms with Crippen LogP contribution in [0.3, 0.4) is 0 Å². The molecule has 1 saturated heterocycles. The van der Waals surface area contributed by atoms with Crippen molar-refractivity contribution in [2.24, 2.45) is 0 Å². The van der Waals surface area contributed by atoms with Gasteiger partial charge in [-0.25, -0.2) is 8.96 Å². The van der Waals surface area contributed by atoms with Crippen molar-refractivity contribution in [2.45, 2.75) is 24.7 Å². The molecule has 9 heteroatoms. The molecule has 1 aliphatic rings. The average molecular weight is 232 g/mol. The van der Waals surface area contributed by atoms with Crippen molar-refractivity contribution < 1.29 is 38.2 Å². The Morgan fingerprint density at radius 1 is 1.50 bits per heavy atom. The highest BCUT2D eigenvalue weighted by Gasteiger charge is 2.47. The lowest BCUT2D eigenvalue weighted by atomic mass is 10.2. The molecule has 0 aromatic carbocycles. The maximum atomic E-state index is 13.0. The second-order valence-corrected chi connectivity index (χ2v) is 3.95. The van der Waals surface area contributed by atoms with E-state index in [4.69, 9.17) is 20.0 Å². The molecule has 1 heterocycles. The van der Waals surface area contributed by atoms with Gasteiger partial charge < -0.3 is 24.7 Å². The molecule has 1 rings (SSSR count). The third-order valence-electron chi connectivity index (χ3n) is 1.70. The van der Waals surface area contributed by atoms with E-state index in [1.165, 1.54) is 0 Å². The van der Waals surface area contributed by atoms with E-state index >= 15 is 0 Å². The monoisotopic (exact) mass is 232 g/mol. The molecular formula is C5H10FO7P. The Labute approximate surface area is 78.3 Å². The van der Waals surface area contributed by atoms with Crippen LogP contribution in [0.1, 0.15) is 0 Å². The van der Waals surface area contributed by atoms with Crippen LogP contribution in [-0.2, 0) is 13.8 Å². The van der Waals surface area contributed by atoms with Gasteiger partial charge in [-0.15, -0.1) is 0 Å². The van der Waals surface area contributed by atoms with Gasteiger partial charge in [-0.3, -0.25) is 4.52 Å². The number of aliphatic hydroxyl groups is 2. The largest absolute Gasteiger partial charge is 0.472 e. The first kappa shape index (κ1) is 12.0. The molecular weight excluding hydrogens is 222 g/mol. The zero-order valence-corrected chi connectivity index (χ0v) is 7.75. The van der Waals surface area contributed by atoms with Crippen molar-refractivity contribution in [1.82, 2.24) is 0 Å². The standard InChI is InChI=1S/C5H10FO7P/c6-3-4(8)2(1-7)12-5(3)13-14(9,10)11/h2-5,7-8H,1H2,(H2,9,10,11)/t2-,3+,4-,5+/m1/s1. The molecule has 4 atom stereocenters. The molecule has 14 heavy (non-hydrogen) atoms. The van der Waals surface area contributed by atoms with Gasteiger partial charge in [0, 0.05) is 0 Å². The van der Waals surface area contributed by atoms with E-state index in [-0.39, 0.29) is 0 Å². The topological polar surface area (TPSA) is 116 Å². The molecule has 0 saturated carbocycles. The SMILES string of the molecule is O=P(O)(O)O[C@@H]1O[C@H](CO)[C@@H](O)[C@@H]1F. The molecule has 0 aromatic rings. The summed E-state index contributed by atoms with van der Waals surface area (Å²) >= 11 is 0. The number of phosphoric acid groups is 1. The summed E-state index contributed by atoms with van der Waals surface area (Å²) in [7, 11) is -4.87. The van der Waals surface area contributed by atoms with E-state index in [0.717, 1.165) is 0 Å². The lowest BCUT2D eigenvalue weighted by molar-refractivity contribution is -0.114. The van der Waals surface area contributed by atoms with Crippen molar-refractivity contribution in [3.63, 3.8) is 0 Å². The Morgan fingerprint density at radius 2 is 2.07 bits per heavy atom. The molecule has 0 unspecified atom stereocenters. The number of halogens is 1. The molecule has 84 valence electrons. The normalized spacial score (nSPS) is 38.9. The molecule has 1 fully saturated rings. The lowest BCUT2D eigenvalue weighted by Gasteiger charge is -2.13. The maximum Gasteiger partial charge on any atom is 0.472 e. The van der Waals surface area contributed by atoms with Gasteiger partial charge in [0.2, 0.25) is 6.29 Å². The number of ether oxygens (including phenoxy) is 1. The van der Waals surface area contributed by atoms with Crippen molar-refractivity contribution in [1.29, 1.82) is 0 Å². The van der Waals surface area contributed by atoms with Crippen molar-refractivity contribution in [3.05, 3.63) is 0 Å². The second-order valence-electron chi connectivity index (χ2n) is 2.76. The molecule has 0 amide bonds. The van der Waals surface area contributed by atoms with Crippen molar-refractivity contribution in [2.75, 3.05) is 6.61 Å². The van der Waals surface area contributed by atoms with Gasteiger partial charge in [-0.2, -0.15) is 0 Å². The van der Waals surface area contributed by atoms with Crippen LogP contribution in [0.2, 0.25) is 0 Å². The molecule has 0 aromatic heterocycles. The Morgan fingerprint density at radius 3 is 2.43 bits per heavy atom. The number of hydrogen-bond donors (Lipinski definition) is 4. The fourth-order valence-electron chi connectivity index (χ4n) is 1.06. The van der Waals surface area contributed by atoms with Crippen LogP contribution < -0.4 is 0 Å². The first-order valence-electron chi connectivity index (χ1n) is 3.67. The molecule has 0 aliphatic carbocycles. The summed E-state index contributed by atoms with van der Waals surface area (Å²) in [6.45, 7) is -0.664. The fourth-order valence-corrected chi connectivity index (χ4v) is 1.50. The fraction of sp³-hybridized carbons (Fsp3) is 1.00. The van der Waals surface area contributed by atoms with E-state index in [0.29, 0.717) is 0 Å². The summed E-state index contributed by atoms with van der Waals surface area (Å²) in [6.07, 6.45) is -6.85. The summed E-state index contributed by atoms with van der Waals surface area (Å²) in [5, 5.41) is 17.6. The highest BCUT2D eigenvalue weighted by Crippen LogP contribution is 2.41. The van der Waals surface area contributed by atoms with Crippen LogP contribution in [0.5, 0.6) is 0 Å². The van der Waals surface area contributed by atoms with Gasteiger partial charge in [0.05, 0.1) is 6.61 Å². The van der Waals surface area contributed by atoms with Gasteiger partial charge in [-0.1, -0.05) is 0 Å². The number of rotatable bonds is 3. The molecule has 0 bridgehead atoms. The minimum absolute atomic E-state index is 0.664. The zero-order valence-electron chi connectivity index (χ0n) is 6.86. The van der Waals surface area contributed by atoms with Gasteiger partial charge in [0.25, 0.3) is 0 Å². The molecule has 0 radical (unpaired) electrons. The van der Waals surface area contributed by atoms with Crippen LogP contribution in [0.25, 0.3) is 0 Å². The van der Waals surface area contributed by atoms with Crippen molar-refractivity contribution in [3.8, 4) is 0 Å².